The van der Waals surface area contributed by atoms with Crippen LogP contribution in [0.2, 0.25) is 5.02 Å². The Kier molecular flexibility index (Phi) is 4.93. The van der Waals surface area contributed by atoms with Crippen molar-refractivity contribution in [2.45, 2.75) is 25.8 Å². The molecule has 2 saturated carbocycles. The van der Waals surface area contributed by atoms with Crippen LogP contribution in [0.4, 0.5) is 0 Å². The molecule has 26 heavy (non-hydrogen) atoms. The van der Waals surface area contributed by atoms with Crippen LogP contribution in [-0.4, -0.2) is 53.0 Å². The molecule has 2 bridgehead atoms. The van der Waals surface area contributed by atoms with Crippen LogP contribution in [0.1, 0.15) is 24.8 Å². The smallest absolute Gasteiger partial charge is 0.307 e. The number of carboxylic acids is 1. The van der Waals surface area contributed by atoms with E-state index in [1.54, 1.807) is 0 Å². The summed E-state index contributed by atoms with van der Waals surface area (Å²) in [4.78, 5) is 28.9. The van der Waals surface area contributed by atoms with E-state index in [9.17, 15) is 14.7 Å². The Morgan fingerprint density at radius 2 is 1.77 bits per heavy atom. The summed E-state index contributed by atoms with van der Waals surface area (Å²) in [5, 5.41) is 10.3. The number of hydrogen-bond donors (Lipinski definition) is 1. The number of carbonyl (C=O) groups excluding carboxylic acids is 1. The van der Waals surface area contributed by atoms with Gasteiger partial charge in [-0.2, -0.15) is 0 Å². The highest BCUT2D eigenvalue weighted by atomic mass is 35.5. The topological polar surface area (TPSA) is 60.9 Å². The third kappa shape index (κ3) is 3.35. The summed E-state index contributed by atoms with van der Waals surface area (Å²) >= 11 is 6.05. The van der Waals surface area contributed by atoms with E-state index in [1.807, 2.05) is 23.1 Å². The van der Waals surface area contributed by atoms with Gasteiger partial charge in [0.15, 0.2) is 0 Å². The molecule has 1 aromatic rings. The molecule has 1 amide bonds. The first-order chi connectivity index (χ1) is 12.5. The fraction of sp³-hybridized carbons (Fsp3) is 0.600. The summed E-state index contributed by atoms with van der Waals surface area (Å²) in [6, 6.07) is 7.87. The molecule has 1 heterocycles. The number of piperazine rings is 1. The molecule has 1 aromatic carbocycles. The maximum absolute atomic E-state index is 13.0. The SMILES string of the molecule is O=C(O)[C@@H]1[C@@H]2CC[C@@H](C2)[C@@H]1C(=O)N1CCN(Cc2cccc(Cl)c2)CC1. The Bertz CT molecular complexity index is 702. The Hall–Kier alpha value is -1.59. The standard InChI is InChI=1S/C20H25ClN2O3/c21-16-3-1-2-13(10-16)12-22-6-8-23(9-7-22)19(24)17-14-4-5-15(11-14)18(17)20(25)26/h1-3,10,14-15,17-18H,4-9,11-12H2,(H,25,26)/t14-,15+,17-,18+/m0/s1. The number of aliphatic carboxylic acids is 1. The predicted octanol–water partition coefficient (Wildman–Crippen LogP) is 2.73. The van der Waals surface area contributed by atoms with Gasteiger partial charge in [0.2, 0.25) is 5.91 Å². The van der Waals surface area contributed by atoms with Crippen molar-refractivity contribution in [2.75, 3.05) is 26.2 Å². The van der Waals surface area contributed by atoms with E-state index >= 15 is 0 Å². The van der Waals surface area contributed by atoms with Crippen molar-refractivity contribution in [1.82, 2.24) is 9.80 Å². The fourth-order valence-electron chi connectivity index (χ4n) is 5.23. The molecule has 2 aliphatic carbocycles. The van der Waals surface area contributed by atoms with E-state index in [2.05, 4.69) is 11.0 Å². The number of amides is 1. The monoisotopic (exact) mass is 376 g/mol. The molecule has 0 radical (unpaired) electrons. The highest BCUT2D eigenvalue weighted by molar-refractivity contribution is 6.30. The van der Waals surface area contributed by atoms with E-state index < -0.39 is 11.9 Å². The van der Waals surface area contributed by atoms with Gasteiger partial charge in [0, 0.05) is 37.7 Å². The minimum Gasteiger partial charge on any atom is -0.481 e. The van der Waals surface area contributed by atoms with Gasteiger partial charge < -0.3 is 10.0 Å². The lowest BCUT2D eigenvalue weighted by atomic mass is 9.78. The van der Waals surface area contributed by atoms with Gasteiger partial charge in [-0.25, -0.2) is 0 Å². The van der Waals surface area contributed by atoms with Crippen LogP contribution in [-0.2, 0) is 16.1 Å². The third-order valence-corrected chi connectivity index (χ3v) is 6.70. The lowest BCUT2D eigenvalue weighted by Crippen LogP contribution is -2.52. The van der Waals surface area contributed by atoms with Gasteiger partial charge >= 0.3 is 5.97 Å². The minimum atomic E-state index is -0.782. The highest BCUT2D eigenvalue weighted by Crippen LogP contribution is 2.53. The number of nitrogens with zero attached hydrogens (tertiary/aromatic N) is 2. The summed E-state index contributed by atoms with van der Waals surface area (Å²) < 4.78 is 0. The van der Waals surface area contributed by atoms with Crippen LogP contribution in [0, 0.1) is 23.7 Å². The molecule has 1 aliphatic heterocycles. The number of rotatable bonds is 4. The van der Waals surface area contributed by atoms with Crippen molar-refractivity contribution in [3.05, 3.63) is 34.9 Å². The zero-order chi connectivity index (χ0) is 18.3. The van der Waals surface area contributed by atoms with E-state index in [0.29, 0.717) is 13.1 Å². The first kappa shape index (κ1) is 17.8. The van der Waals surface area contributed by atoms with Crippen LogP contribution in [0.3, 0.4) is 0 Å². The maximum atomic E-state index is 13.0. The molecule has 3 aliphatic rings. The number of fused-ring (bicyclic) bond motifs is 2. The molecular weight excluding hydrogens is 352 g/mol. The number of carbonyl (C=O) groups is 2. The second-order valence-electron chi connectivity index (χ2n) is 7.95. The van der Waals surface area contributed by atoms with Gasteiger partial charge in [-0.05, 0) is 48.8 Å². The van der Waals surface area contributed by atoms with Crippen molar-refractivity contribution in [1.29, 1.82) is 0 Å². The largest absolute Gasteiger partial charge is 0.481 e. The van der Waals surface area contributed by atoms with E-state index in [-0.39, 0.29) is 23.7 Å². The van der Waals surface area contributed by atoms with Gasteiger partial charge in [0.05, 0.1) is 11.8 Å². The summed E-state index contributed by atoms with van der Waals surface area (Å²) in [5.41, 5.74) is 1.18. The van der Waals surface area contributed by atoms with E-state index in [0.717, 1.165) is 43.9 Å². The summed E-state index contributed by atoms with van der Waals surface area (Å²) in [6.45, 7) is 3.82. The van der Waals surface area contributed by atoms with Gasteiger partial charge in [0.1, 0.15) is 0 Å². The molecule has 4 atom stereocenters. The molecule has 1 saturated heterocycles. The molecule has 140 valence electrons. The van der Waals surface area contributed by atoms with Crippen LogP contribution in [0.5, 0.6) is 0 Å². The molecule has 4 rings (SSSR count). The molecule has 0 aromatic heterocycles. The van der Waals surface area contributed by atoms with Crippen LogP contribution >= 0.6 is 11.6 Å². The van der Waals surface area contributed by atoms with Crippen molar-refractivity contribution >= 4 is 23.5 Å². The maximum Gasteiger partial charge on any atom is 0.307 e. The molecule has 1 N–H and O–H groups in total. The summed E-state index contributed by atoms with van der Waals surface area (Å²) in [6.07, 6.45) is 2.90. The molecule has 6 heteroatoms. The second kappa shape index (κ2) is 7.20. The minimum absolute atomic E-state index is 0.0759. The van der Waals surface area contributed by atoms with Crippen LogP contribution < -0.4 is 0 Å². The van der Waals surface area contributed by atoms with Gasteiger partial charge in [-0.15, -0.1) is 0 Å². The van der Waals surface area contributed by atoms with Crippen molar-refractivity contribution in [2.24, 2.45) is 23.7 Å². The average molecular weight is 377 g/mol. The van der Waals surface area contributed by atoms with E-state index in [4.69, 9.17) is 11.6 Å². The quantitative estimate of drug-likeness (QED) is 0.877. The molecule has 5 nitrogen and oxygen atoms in total. The third-order valence-electron chi connectivity index (χ3n) is 6.47. The van der Waals surface area contributed by atoms with Crippen molar-refractivity contribution < 1.29 is 14.7 Å². The van der Waals surface area contributed by atoms with Gasteiger partial charge in [-0.1, -0.05) is 23.7 Å². The predicted molar refractivity (Wildman–Crippen MR) is 98.8 cm³/mol. The number of hydrogen-bond acceptors (Lipinski definition) is 3. The normalized spacial score (nSPS) is 31.3. The fourth-order valence-corrected chi connectivity index (χ4v) is 5.45. The number of benzene rings is 1. The average Bonchev–Trinajstić information content (AvgIpc) is 3.23. The molecule has 0 spiro atoms. The van der Waals surface area contributed by atoms with Gasteiger partial charge in [-0.3, -0.25) is 14.5 Å². The first-order valence-electron chi connectivity index (χ1n) is 9.51. The summed E-state index contributed by atoms with van der Waals surface area (Å²) in [5.74, 6) is -0.993. The second-order valence-corrected chi connectivity index (χ2v) is 8.39. The zero-order valence-electron chi connectivity index (χ0n) is 14.8. The Morgan fingerprint density at radius 3 is 2.42 bits per heavy atom. The zero-order valence-corrected chi connectivity index (χ0v) is 15.6. The molecular formula is C20H25ClN2O3. The van der Waals surface area contributed by atoms with Gasteiger partial charge in [0.25, 0.3) is 0 Å². The number of carboxylic acid groups (broad SMARTS) is 1. The number of halogens is 1. The van der Waals surface area contributed by atoms with Crippen LogP contribution in [0.15, 0.2) is 24.3 Å². The Balaban J connectivity index is 1.36. The van der Waals surface area contributed by atoms with E-state index in [1.165, 1.54) is 5.56 Å². The van der Waals surface area contributed by atoms with Crippen molar-refractivity contribution in [3.63, 3.8) is 0 Å². The Labute approximate surface area is 158 Å². The summed E-state index contributed by atoms with van der Waals surface area (Å²) in [7, 11) is 0. The highest BCUT2D eigenvalue weighted by Gasteiger charge is 2.54. The molecule has 3 fully saturated rings. The lowest BCUT2D eigenvalue weighted by Gasteiger charge is -2.38. The molecule has 0 unspecified atom stereocenters. The lowest BCUT2D eigenvalue weighted by molar-refractivity contribution is -0.153. The first-order valence-corrected chi connectivity index (χ1v) is 9.89. The van der Waals surface area contributed by atoms with Crippen molar-refractivity contribution in [3.8, 4) is 0 Å². The Morgan fingerprint density at radius 1 is 1.08 bits per heavy atom. The van der Waals surface area contributed by atoms with Crippen LogP contribution in [0.25, 0.3) is 0 Å².